The Hall–Kier alpha value is -1.27. The highest BCUT2D eigenvalue weighted by atomic mass is 35.5. The maximum absolute atomic E-state index is 10.8. The zero-order chi connectivity index (χ0) is 19.7. The molecule has 0 radical (unpaired) electrons. The fraction of sp³-hybridized carbons (Fsp3) is 0.522. The lowest BCUT2D eigenvalue weighted by molar-refractivity contribution is 0.385. The van der Waals surface area contributed by atoms with Crippen molar-refractivity contribution >= 4 is 57.1 Å². The van der Waals surface area contributed by atoms with Gasteiger partial charge in [-0.1, -0.05) is 54.9 Å². The molecule has 4 rings (SSSR count). The van der Waals surface area contributed by atoms with Crippen molar-refractivity contribution in [2.24, 2.45) is 4.99 Å². The molecule has 0 unspecified atom stereocenters. The zero-order valence-electron chi connectivity index (χ0n) is 18.1. The average molecular weight is 471 g/mol. The minimum absolute atomic E-state index is 0. The molecule has 1 N–H and O–H groups in total. The van der Waals surface area contributed by atoms with E-state index in [-0.39, 0.29) is 24.8 Å². The van der Waals surface area contributed by atoms with Crippen LogP contribution in [0, 0.1) is 6.92 Å². The minimum atomic E-state index is 0. The molecule has 166 valence electrons. The SMILES string of the molecule is Cc1c(O)c2ccccc2c2c1s/c(=N/C1CCCCC1)n2CCCN(C)C.Cl.Cl. The number of halogens is 2. The van der Waals surface area contributed by atoms with Gasteiger partial charge in [0.2, 0.25) is 0 Å². The lowest BCUT2D eigenvalue weighted by atomic mass is 9.96. The van der Waals surface area contributed by atoms with Gasteiger partial charge in [-0.2, -0.15) is 0 Å². The number of rotatable bonds is 5. The predicted octanol–water partition coefficient (Wildman–Crippen LogP) is 5.90. The van der Waals surface area contributed by atoms with Crippen molar-refractivity contribution in [1.29, 1.82) is 0 Å². The molecule has 1 aliphatic carbocycles. The molecular formula is C23H33Cl2N3OS. The molecular weight excluding hydrogens is 437 g/mol. The Balaban J connectivity index is 0.00000160. The van der Waals surface area contributed by atoms with Crippen molar-refractivity contribution in [3.05, 3.63) is 34.6 Å². The van der Waals surface area contributed by atoms with E-state index in [0.717, 1.165) is 40.6 Å². The number of hydrogen-bond acceptors (Lipinski definition) is 4. The third-order valence-electron chi connectivity index (χ3n) is 5.90. The molecule has 0 bridgehead atoms. The molecule has 0 amide bonds. The largest absolute Gasteiger partial charge is 0.507 e. The van der Waals surface area contributed by atoms with Crippen LogP contribution in [0.1, 0.15) is 44.1 Å². The normalized spacial score (nSPS) is 15.5. The first-order valence-electron chi connectivity index (χ1n) is 10.5. The highest BCUT2D eigenvalue weighted by Crippen LogP contribution is 2.38. The summed E-state index contributed by atoms with van der Waals surface area (Å²) in [5.41, 5.74) is 2.22. The summed E-state index contributed by atoms with van der Waals surface area (Å²) in [4.78, 5) is 8.58. The van der Waals surface area contributed by atoms with E-state index in [2.05, 4.69) is 35.7 Å². The molecule has 1 saturated carbocycles. The molecule has 0 saturated heterocycles. The summed E-state index contributed by atoms with van der Waals surface area (Å²) in [5, 5.41) is 12.9. The van der Waals surface area contributed by atoms with Gasteiger partial charge >= 0.3 is 0 Å². The van der Waals surface area contributed by atoms with Gasteiger partial charge in [0.25, 0.3) is 0 Å². The highest BCUT2D eigenvalue weighted by Gasteiger charge is 2.18. The van der Waals surface area contributed by atoms with Crippen LogP contribution in [0.5, 0.6) is 5.75 Å². The predicted molar refractivity (Wildman–Crippen MR) is 134 cm³/mol. The Morgan fingerprint density at radius 2 is 1.77 bits per heavy atom. The van der Waals surface area contributed by atoms with Crippen molar-refractivity contribution in [3.8, 4) is 5.75 Å². The summed E-state index contributed by atoms with van der Waals surface area (Å²) < 4.78 is 3.60. The molecule has 3 aromatic rings. The number of aromatic nitrogens is 1. The second-order valence-corrected chi connectivity index (χ2v) is 9.29. The Bertz CT molecular complexity index is 1050. The number of thiazole rings is 1. The van der Waals surface area contributed by atoms with Crippen molar-refractivity contribution in [1.82, 2.24) is 9.47 Å². The molecule has 30 heavy (non-hydrogen) atoms. The van der Waals surface area contributed by atoms with Crippen molar-refractivity contribution < 1.29 is 5.11 Å². The summed E-state index contributed by atoms with van der Waals surface area (Å²) >= 11 is 1.75. The first-order valence-corrected chi connectivity index (χ1v) is 11.3. The van der Waals surface area contributed by atoms with E-state index in [1.807, 2.05) is 19.1 Å². The monoisotopic (exact) mass is 469 g/mol. The number of fused-ring (bicyclic) bond motifs is 3. The molecule has 1 heterocycles. The first-order chi connectivity index (χ1) is 13.6. The number of hydrogen-bond donors (Lipinski definition) is 1. The fourth-order valence-electron chi connectivity index (χ4n) is 4.36. The number of nitrogens with zero attached hydrogens (tertiary/aromatic N) is 3. The Morgan fingerprint density at radius 3 is 2.43 bits per heavy atom. The van der Waals surface area contributed by atoms with Gasteiger partial charge < -0.3 is 14.6 Å². The molecule has 1 aliphatic rings. The Kier molecular flexibility index (Phi) is 9.04. The maximum Gasteiger partial charge on any atom is 0.186 e. The van der Waals surface area contributed by atoms with Crippen molar-refractivity contribution in [3.63, 3.8) is 0 Å². The van der Waals surface area contributed by atoms with Gasteiger partial charge in [0.15, 0.2) is 4.80 Å². The second kappa shape index (κ2) is 10.9. The standard InChI is InChI=1S/C23H31N3OS.2ClH/c1-16-21(27)19-13-8-7-12-18(19)20-22(16)28-23(24-17-10-5-4-6-11-17)26(20)15-9-14-25(2)3;;/h7-8,12-13,17,27H,4-6,9-11,14-15H2,1-3H3;2*1H/b24-23+;;. The summed E-state index contributed by atoms with van der Waals surface area (Å²) in [6.07, 6.45) is 7.43. The molecule has 0 spiro atoms. The highest BCUT2D eigenvalue weighted by molar-refractivity contribution is 7.16. The van der Waals surface area contributed by atoms with Crippen LogP contribution < -0.4 is 4.80 Å². The molecule has 4 nitrogen and oxygen atoms in total. The van der Waals surface area contributed by atoms with Crippen LogP contribution in [0.4, 0.5) is 0 Å². The van der Waals surface area contributed by atoms with Gasteiger partial charge in [-0.25, -0.2) is 0 Å². The van der Waals surface area contributed by atoms with Crippen LogP contribution in [0.15, 0.2) is 29.3 Å². The van der Waals surface area contributed by atoms with Gasteiger partial charge in [-0.15, -0.1) is 24.8 Å². The second-order valence-electron chi connectivity index (χ2n) is 8.31. The first kappa shape index (κ1) is 25.0. The topological polar surface area (TPSA) is 40.8 Å². The third-order valence-corrected chi connectivity index (χ3v) is 7.11. The number of aromatic hydroxyl groups is 1. The number of phenols is 1. The van der Waals surface area contributed by atoms with E-state index in [1.165, 1.54) is 42.3 Å². The van der Waals surface area contributed by atoms with Crippen LogP contribution >= 0.6 is 36.2 Å². The fourth-order valence-corrected chi connectivity index (χ4v) is 5.60. The lowest BCUT2D eigenvalue weighted by Gasteiger charge is -2.17. The lowest BCUT2D eigenvalue weighted by Crippen LogP contribution is -2.22. The van der Waals surface area contributed by atoms with Gasteiger partial charge in [-0.05, 0) is 46.8 Å². The minimum Gasteiger partial charge on any atom is -0.507 e. The maximum atomic E-state index is 10.8. The molecule has 0 atom stereocenters. The number of aryl methyl sites for hydroxylation is 2. The van der Waals surface area contributed by atoms with Crippen LogP contribution in [0.3, 0.4) is 0 Å². The van der Waals surface area contributed by atoms with E-state index in [1.54, 1.807) is 11.3 Å². The summed E-state index contributed by atoms with van der Waals surface area (Å²) in [5.74, 6) is 0.411. The van der Waals surface area contributed by atoms with Crippen molar-refractivity contribution in [2.75, 3.05) is 20.6 Å². The molecule has 1 fully saturated rings. The van der Waals surface area contributed by atoms with E-state index < -0.39 is 0 Å². The van der Waals surface area contributed by atoms with Crippen LogP contribution in [-0.4, -0.2) is 41.3 Å². The van der Waals surface area contributed by atoms with E-state index in [0.29, 0.717) is 11.8 Å². The number of phenolic OH excluding ortho intramolecular Hbond substituents is 1. The van der Waals surface area contributed by atoms with Crippen LogP contribution in [-0.2, 0) is 6.54 Å². The van der Waals surface area contributed by atoms with Gasteiger partial charge in [0.05, 0.1) is 16.3 Å². The van der Waals surface area contributed by atoms with Gasteiger partial charge in [0.1, 0.15) is 5.75 Å². The van der Waals surface area contributed by atoms with Crippen LogP contribution in [0.2, 0.25) is 0 Å². The van der Waals surface area contributed by atoms with Gasteiger partial charge in [-0.3, -0.25) is 4.99 Å². The molecule has 0 aliphatic heterocycles. The van der Waals surface area contributed by atoms with E-state index in [4.69, 9.17) is 4.99 Å². The van der Waals surface area contributed by atoms with Crippen molar-refractivity contribution in [2.45, 2.75) is 58.0 Å². The Labute approximate surface area is 195 Å². The van der Waals surface area contributed by atoms with Crippen LogP contribution in [0.25, 0.3) is 21.0 Å². The Morgan fingerprint density at radius 1 is 1.10 bits per heavy atom. The van der Waals surface area contributed by atoms with E-state index >= 15 is 0 Å². The summed E-state index contributed by atoms with van der Waals surface area (Å²) in [6.45, 7) is 4.05. The zero-order valence-corrected chi connectivity index (χ0v) is 20.5. The summed E-state index contributed by atoms with van der Waals surface area (Å²) in [7, 11) is 4.25. The number of benzene rings is 2. The smallest absolute Gasteiger partial charge is 0.186 e. The van der Waals surface area contributed by atoms with Gasteiger partial charge in [0, 0.05) is 22.9 Å². The van der Waals surface area contributed by atoms with E-state index in [9.17, 15) is 5.11 Å². The molecule has 7 heteroatoms. The molecule has 2 aromatic carbocycles. The third kappa shape index (κ3) is 4.96. The summed E-state index contributed by atoms with van der Waals surface area (Å²) in [6, 6.07) is 8.68. The quantitative estimate of drug-likeness (QED) is 0.505. The average Bonchev–Trinajstić information content (AvgIpc) is 3.05. The molecule has 1 aromatic heterocycles.